The summed E-state index contributed by atoms with van der Waals surface area (Å²) in [6, 6.07) is 5.24. The van der Waals surface area contributed by atoms with E-state index in [1.165, 1.54) is 0 Å². The number of nitrogens with zero attached hydrogens (tertiary/aromatic N) is 1. The second kappa shape index (κ2) is 8.25. The Hall–Kier alpha value is -1.97. The van der Waals surface area contributed by atoms with Crippen molar-refractivity contribution in [1.82, 2.24) is 5.32 Å². The molecule has 1 atom stereocenters. The van der Waals surface area contributed by atoms with Crippen LogP contribution < -0.4 is 19.5 Å². The van der Waals surface area contributed by atoms with Gasteiger partial charge >= 0.3 is 0 Å². The molecule has 0 saturated carbocycles. The molecule has 0 bridgehead atoms. The number of benzene rings is 1. The summed E-state index contributed by atoms with van der Waals surface area (Å²) >= 11 is 0. The van der Waals surface area contributed by atoms with Crippen LogP contribution >= 0.6 is 0 Å². The number of ether oxygens (including phenoxy) is 4. The average molecular weight is 280 g/mol. The number of hydrogen-bond donors (Lipinski definition) is 1. The van der Waals surface area contributed by atoms with Crippen molar-refractivity contribution in [2.75, 3.05) is 41.6 Å². The van der Waals surface area contributed by atoms with Gasteiger partial charge in [0.1, 0.15) is 6.04 Å². The molecule has 0 fully saturated rings. The van der Waals surface area contributed by atoms with Gasteiger partial charge in [0.15, 0.2) is 11.5 Å². The van der Waals surface area contributed by atoms with E-state index in [0.717, 1.165) is 5.56 Å². The van der Waals surface area contributed by atoms with Crippen LogP contribution in [0.5, 0.6) is 17.2 Å². The molecule has 110 valence electrons. The maximum absolute atomic E-state index is 9.27. The molecule has 0 radical (unpaired) electrons. The van der Waals surface area contributed by atoms with Crippen molar-refractivity contribution in [2.45, 2.75) is 6.04 Å². The Morgan fingerprint density at radius 1 is 1.10 bits per heavy atom. The lowest BCUT2D eigenvalue weighted by atomic mass is 10.1. The van der Waals surface area contributed by atoms with Gasteiger partial charge in [0.2, 0.25) is 5.75 Å². The number of hydrogen-bond acceptors (Lipinski definition) is 6. The molecular weight excluding hydrogens is 260 g/mol. The van der Waals surface area contributed by atoms with Gasteiger partial charge in [0.25, 0.3) is 0 Å². The maximum Gasteiger partial charge on any atom is 0.203 e. The summed E-state index contributed by atoms with van der Waals surface area (Å²) in [6.45, 7) is 1.11. The van der Waals surface area contributed by atoms with Gasteiger partial charge in [0.05, 0.1) is 34.0 Å². The van der Waals surface area contributed by atoms with Crippen molar-refractivity contribution in [3.63, 3.8) is 0 Å². The number of nitrogens with one attached hydrogen (secondary N) is 1. The highest BCUT2D eigenvalue weighted by atomic mass is 16.5. The lowest BCUT2D eigenvalue weighted by Crippen LogP contribution is -2.24. The van der Waals surface area contributed by atoms with E-state index >= 15 is 0 Å². The van der Waals surface area contributed by atoms with E-state index in [4.69, 9.17) is 18.9 Å². The Labute approximate surface area is 119 Å². The largest absolute Gasteiger partial charge is 0.493 e. The van der Waals surface area contributed by atoms with Gasteiger partial charge in [-0.15, -0.1) is 0 Å². The van der Waals surface area contributed by atoms with E-state index in [1.54, 1.807) is 40.6 Å². The lowest BCUT2D eigenvalue weighted by molar-refractivity contribution is 0.198. The van der Waals surface area contributed by atoms with Gasteiger partial charge in [-0.2, -0.15) is 5.26 Å². The van der Waals surface area contributed by atoms with Crippen molar-refractivity contribution < 1.29 is 18.9 Å². The fraction of sp³-hybridized carbons (Fsp3) is 0.500. The van der Waals surface area contributed by atoms with E-state index < -0.39 is 6.04 Å². The van der Waals surface area contributed by atoms with Gasteiger partial charge in [-0.1, -0.05) is 0 Å². The summed E-state index contributed by atoms with van der Waals surface area (Å²) in [6.07, 6.45) is 0. The zero-order valence-electron chi connectivity index (χ0n) is 12.2. The van der Waals surface area contributed by atoms with Crippen molar-refractivity contribution in [1.29, 1.82) is 5.26 Å². The van der Waals surface area contributed by atoms with Crippen molar-refractivity contribution in [3.05, 3.63) is 17.7 Å². The third-order valence-electron chi connectivity index (χ3n) is 2.80. The molecule has 1 rings (SSSR count). The minimum atomic E-state index is -0.473. The summed E-state index contributed by atoms with van der Waals surface area (Å²) < 4.78 is 20.8. The topological polar surface area (TPSA) is 72.7 Å². The van der Waals surface area contributed by atoms with Crippen LogP contribution in [0.3, 0.4) is 0 Å². The summed E-state index contributed by atoms with van der Waals surface area (Å²) in [5.41, 5.74) is 0.748. The minimum Gasteiger partial charge on any atom is -0.493 e. The van der Waals surface area contributed by atoms with E-state index in [2.05, 4.69) is 11.4 Å². The SMILES string of the molecule is COCCNC(C#N)c1cc(OC)c(OC)c(OC)c1. The zero-order chi connectivity index (χ0) is 15.0. The molecule has 0 amide bonds. The average Bonchev–Trinajstić information content (AvgIpc) is 2.50. The van der Waals surface area contributed by atoms with Gasteiger partial charge < -0.3 is 18.9 Å². The third kappa shape index (κ3) is 3.76. The van der Waals surface area contributed by atoms with Crippen LogP contribution in [0.4, 0.5) is 0 Å². The van der Waals surface area contributed by atoms with Crippen LogP contribution in [0.15, 0.2) is 12.1 Å². The molecule has 0 heterocycles. The molecular formula is C14H20N2O4. The van der Waals surface area contributed by atoms with Gasteiger partial charge in [-0.05, 0) is 17.7 Å². The molecule has 0 aliphatic heterocycles. The summed E-state index contributed by atoms with van der Waals surface area (Å²) in [4.78, 5) is 0. The summed E-state index contributed by atoms with van der Waals surface area (Å²) in [7, 11) is 6.24. The summed E-state index contributed by atoms with van der Waals surface area (Å²) in [5.74, 6) is 1.55. The Balaban J connectivity index is 3.07. The molecule has 0 spiro atoms. The zero-order valence-corrected chi connectivity index (χ0v) is 12.2. The minimum absolute atomic E-state index is 0.473. The molecule has 0 saturated heterocycles. The molecule has 0 aromatic heterocycles. The van der Waals surface area contributed by atoms with Crippen LogP contribution in [0.25, 0.3) is 0 Å². The highest BCUT2D eigenvalue weighted by Crippen LogP contribution is 2.39. The molecule has 0 aliphatic carbocycles. The second-order valence-corrected chi connectivity index (χ2v) is 3.97. The molecule has 1 aromatic rings. The molecule has 1 unspecified atom stereocenters. The first kappa shape index (κ1) is 16.1. The molecule has 1 N–H and O–H groups in total. The van der Waals surface area contributed by atoms with Crippen LogP contribution in [0.2, 0.25) is 0 Å². The standard InChI is InChI=1S/C14H20N2O4/c1-17-6-5-16-11(9-15)10-7-12(18-2)14(20-4)13(8-10)19-3/h7-8,11,16H,5-6H2,1-4H3. The molecule has 6 nitrogen and oxygen atoms in total. The normalized spacial score (nSPS) is 11.6. The van der Waals surface area contributed by atoms with Crippen LogP contribution in [0, 0.1) is 11.3 Å². The van der Waals surface area contributed by atoms with Crippen molar-refractivity contribution >= 4 is 0 Å². The third-order valence-corrected chi connectivity index (χ3v) is 2.80. The number of rotatable bonds is 8. The molecule has 1 aromatic carbocycles. The van der Waals surface area contributed by atoms with Crippen molar-refractivity contribution in [2.24, 2.45) is 0 Å². The van der Waals surface area contributed by atoms with E-state index in [1.807, 2.05) is 0 Å². The predicted octanol–water partition coefficient (Wildman–Crippen LogP) is 1.51. The van der Waals surface area contributed by atoms with Gasteiger partial charge in [-0.25, -0.2) is 0 Å². The highest BCUT2D eigenvalue weighted by molar-refractivity contribution is 5.55. The van der Waals surface area contributed by atoms with Crippen molar-refractivity contribution in [3.8, 4) is 23.3 Å². The Morgan fingerprint density at radius 3 is 2.10 bits per heavy atom. The Kier molecular flexibility index (Phi) is 6.64. The first-order valence-corrected chi connectivity index (χ1v) is 6.13. The first-order chi connectivity index (χ1) is 9.71. The Morgan fingerprint density at radius 2 is 1.70 bits per heavy atom. The van der Waals surface area contributed by atoms with Crippen LogP contribution in [-0.2, 0) is 4.74 Å². The quantitative estimate of drug-likeness (QED) is 0.728. The number of methoxy groups -OCH3 is 4. The molecule has 20 heavy (non-hydrogen) atoms. The Bertz CT molecular complexity index is 446. The van der Waals surface area contributed by atoms with Crippen LogP contribution in [0.1, 0.15) is 11.6 Å². The van der Waals surface area contributed by atoms with Crippen LogP contribution in [-0.4, -0.2) is 41.6 Å². The van der Waals surface area contributed by atoms with E-state index in [0.29, 0.717) is 30.4 Å². The predicted molar refractivity (Wildman–Crippen MR) is 74.3 cm³/mol. The fourth-order valence-corrected chi connectivity index (χ4v) is 1.81. The van der Waals surface area contributed by atoms with E-state index in [-0.39, 0.29) is 0 Å². The smallest absolute Gasteiger partial charge is 0.203 e. The molecule has 6 heteroatoms. The monoisotopic (exact) mass is 280 g/mol. The number of nitriles is 1. The highest BCUT2D eigenvalue weighted by Gasteiger charge is 2.18. The second-order valence-electron chi connectivity index (χ2n) is 3.97. The van der Waals surface area contributed by atoms with E-state index in [9.17, 15) is 5.26 Å². The van der Waals surface area contributed by atoms with Gasteiger partial charge in [-0.3, -0.25) is 5.32 Å². The lowest BCUT2D eigenvalue weighted by Gasteiger charge is -2.17. The summed E-state index contributed by atoms with van der Waals surface area (Å²) in [5, 5.41) is 12.4. The molecule has 0 aliphatic rings. The van der Waals surface area contributed by atoms with Gasteiger partial charge in [0, 0.05) is 13.7 Å². The first-order valence-electron chi connectivity index (χ1n) is 6.13. The fourth-order valence-electron chi connectivity index (χ4n) is 1.81. The maximum atomic E-state index is 9.27.